The largest absolute Gasteiger partial charge is 0.264 e. The summed E-state index contributed by atoms with van der Waals surface area (Å²) in [5, 5.41) is 19.0. The lowest BCUT2D eigenvalue weighted by molar-refractivity contribution is 0.395. The summed E-state index contributed by atoms with van der Waals surface area (Å²) in [5.41, 5.74) is 2.02. The molecule has 1 aliphatic rings. The van der Waals surface area contributed by atoms with Gasteiger partial charge < -0.3 is 0 Å². The summed E-state index contributed by atoms with van der Waals surface area (Å²) >= 11 is 5.29. The van der Waals surface area contributed by atoms with E-state index in [1.807, 2.05) is 16.2 Å². The van der Waals surface area contributed by atoms with Crippen molar-refractivity contribution in [1.29, 1.82) is 0 Å². The fraction of sp³-hybridized carbons (Fsp3) is 0.600. The monoisotopic (exact) mass is 394 g/mol. The zero-order chi connectivity index (χ0) is 16.4. The average Bonchev–Trinajstić information content (AvgIpc) is 3.01. The summed E-state index contributed by atoms with van der Waals surface area (Å²) in [6.45, 7) is 6.49. The Balaban J connectivity index is 1.83. The molecule has 0 spiro atoms. The molecule has 23 heavy (non-hydrogen) atoms. The van der Waals surface area contributed by atoms with E-state index in [1.165, 1.54) is 19.3 Å². The van der Waals surface area contributed by atoms with Crippen LogP contribution in [0.25, 0.3) is 15.7 Å². The van der Waals surface area contributed by atoms with E-state index in [0.29, 0.717) is 5.92 Å². The summed E-state index contributed by atoms with van der Waals surface area (Å²) < 4.78 is 4.84. The third kappa shape index (κ3) is 2.34. The second kappa shape index (κ2) is 5.11. The third-order valence-electron chi connectivity index (χ3n) is 4.39. The van der Waals surface area contributed by atoms with E-state index in [9.17, 15) is 0 Å². The molecule has 0 saturated heterocycles. The molecule has 0 N–H and O–H groups in total. The van der Waals surface area contributed by atoms with Crippen molar-refractivity contribution in [3.63, 3.8) is 0 Å². The summed E-state index contributed by atoms with van der Waals surface area (Å²) in [6, 6.07) is 0. The molecule has 3 aromatic heterocycles. The van der Waals surface area contributed by atoms with E-state index in [2.05, 4.69) is 52.0 Å². The molecule has 8 heteroatoms. The third-order valence-corrected chi connectivity index (χ3v) is 6.04. The predicted molar refractivity (Wildman–Crippen MR) is 93.9 cm³/mol. The van der Waals surface area contributed by atoms with Gasteiger partial charge in [-0.3, -0.25) is 4.68 Å². The SMILES string of the molecule is Cn1nc(C(C)(C)C)c(Br)c1-c1nn2c(C3CCC3)nnc2s1. The van der Waals surface area contributed by atoms with Gasteiger partial charge >= 0.3 is 0 Å². The highest BCUT2D eigenvalue weighted by Gasteiger charge is 2.29. The van der Waals surface area contributed by atoms with Crippen molar-refractivity contribution >= 4 is 32.2 Å². The highest BCUT2D eigenvalue weighted by atomic mass is 79.9. The van der Waals surface area contributed by atoms with Gasteiger partial charge in [0.15, 0.2) is 10.8 Å². The molecule has 4 rings (SSSR count). The molecule has 6 nitrogen and oxygen atoms in total. The van der Waals surface area contributed by atoms with Gasteiger partial charge in [-0.1, -0.05) is 38.5 Å². The minimum Gasteiger partial charge on any atom is -0.264 e. The quantitative estimate of drug-likeness (QED) is 0.660. The van der Waals surface area contributed by atoms with Crippen LogP contribution in [0.1, 0.15) is 57.5 Å². The van der Waals surface area contributed by atoms with Crippen LogP contribution in [0.4, 0.5) is 0 Å². The van der Waals surface area contributed by atoms with Gasteiger partial charge in [0.25, 0.3) is 0 Å². The molecule has 1 saturated carbocycles. The summed E-state index contributed by atoms with van der Waals surface area (Å²) in [7, 11) is 1.96. The Bertz CT molecular complexity index is 880. The number of aryl methyl sites for hydroxylation is 1. The van der Waals surface area contributed by atoms with Gasteiger partial charge in [0.2, 0.25) is 4.96 Å². The summed E-state index contributed by atoms with van der Waals surface area (Å²) in [6.07, 6.45) is 3.66. The fourth-order valence-corrected chi connectivity index (χ4v) is 5.04. The lowest BCUT2D eigenvalue weighted by Gasteiger charge is -2.22. The molecule has 0 unspecified atom stereocenters. The molecule has 1 aliphatic carbocycles. The van der Waals surface area contributed by atoms with Crippen LogP contribution >= 0.6 is 27.3 Å². The van der Waals surface area contributed by atoms with Crippen LogP contribution in [0, 0.1) is 0 Å². The number of fused-ring (bicyclic) bond motifs is 1. The zero-order valence-electron chi connectivity index (χ0n) is 13.7. The van der Waals surface area contributed by atoms with Crippen LogP contribution in [0.15, 0.2) is 4.47 Å². The minimum atomic E-state index is -0.0229. The molecule has 0 aromatic carbocycles. The van der Waals surface area contributed by atoms with Gasteiger partial charge in [-0.15, -0.1) is 10.2 Å². The van der Waals surface area contributed by atoms with Crippen molar-refractivity contribution in [1.82, 2.24) is 29.6 Å². The minimum absolute atomic E-state index is 0.0229. The topological polar surface area (TPSA) is 60.9 Å². The fourth-order valence-electron chi connectivity index (χ4n) is 2.86. The van der Waals surface area contributed by atoms with Crippen molar-refractivity contribution in [2.45, 2.75) is 51.4 Å². The van der Waals surface area contributed by atoms with E-state index in [4.69, 9.17) is 5.10 Å². The van der Waals surface area contributed by atoms with E-state index in [-0.39, 0.29) is 5.41 Å². The van der Waals surface area contributed by atoms with Crippen molar-refractivity contribution < 1.29 is 0 Å². The van der Waals surface area contributed by atoms with Gasteiger partial charge in [-0.25, -0.2) is 0 Å². The molecule has 3 heterocycles. The van der Waals surface area contributed by atoms with Crippen molar-refractivity contribution in [3.8, 4) is 10.7 Å². The molecule has 3 aromatic rings. The first-order chi connectivity index (χ1) is 10.9. The average molecular weight is 395 g/mol. The van der Waals surface area contributed by atoms with Crippen LogP contribution in [0.5, 0.6) is 0 Å². The number of nitrogens with zero attached hydrogens (tertiary/aromatic N) is 6. The van der Waals surface area contributed by atoms with Gasteiger partial charge in [0.1, 0.15) is 5.69 Å². The Hall–Kier alpha value is -1.28. The van der Waals surface area contributed by atoms with Crippen molar-refractivity contribution in [2.75, 3.05) is 0 Å². The highest BCUT2D eigenvalue weighted by Crippen LogP contribution is 2.40. The van der Waals surface area contributed by atoms with Gasteiger partial charge in [0.05, 0.1) is 10.2 Å². The molecule has 0 radical (unpaired) electrons. The van der Waals surface area contributed by atoms with Crippen LogP contribution < -0.4 is 0 Å². The lowest BCUT2D eigenvalue weighted by atomic mass is 9.85. The molecule has 0 atom stereocenters. The van der Waals surface area contributed by atoms with Crippen LogP contribution in [0.3, 0.4) is 0 Å². The number of hydrogen-bond acceptors (Lipinski definition) is 5. The van der Waals surface area contributed by atoms with E-state index in [1.54, 1.807) is 11.3 Å². The van der Waals surface area contributed by atoms with E-state index < -0.39 is 0 Å². The molecular weight excluding hydrogens is 376 g/mol. The Morgan fingerprint density at radius 3 is 2.48 bits per heavy atom. The lowest BCUT2D eigenvalue weighted by Crippen LogP contribution is -2.13. The maximum Gasteiger partial charge on any atom is 0.235 e. The van der Waals surface area contributed by atoms with Crippen LogP contribution in [0.2, 0.25) is 0 Å². The second-order valence-electron chi connectivity index (χ2n) is 7.17. The maximum absolute atomic E-state index is 4.78. The number of aromatic nitrogens is 6. The normalized spacial score (nSPS) is 16.2. The first kappa shape index (κ1) is 15.3. The molecule has 122 valence electrons. The Kier molecular flexibility index (Phi) is 3.39. The zero-order valence-corrected chi connectivity index (χ0v) is 16.1. The second-order valence-corrected chi connectivity index (χ2v) is 8.92. The first-order valence-corrected chi connectivity index (χ1v) is 9.42. The smallest absolute Gasteiger partial charge is 0.235 e. The summed E-state index contributed by atoms with van der Waals surface area (Å²) in [4.78, 5) is 0.854. The number of rotatable bonds is 2. The first-order valence-electron chi connectivity index (χ1n) is 7.81. The Labute approximate surface area is 147 Å². The number of hydrogen-bond donors (Lipinski definition) is 0. The summed E-state index contributed by atoms with van der Waals surface area (Å²) in [5.74, 6) is 1.52. The predicted octanol–water partition coefficient (Wildman–Crippen LogP) is 3.91. The standard InChI is InChI=1S/C15H19BrN6S/c1-15(2,3)11-9(16)10(21(4)19-11)13-20-22-12(8-6-5-7-8)17-18-14(22)23-13/h8H,5-7H2,1-4H3. The maximum atomic E-state index is 4.78. The van der Waals surface area contributed by atoms with Crippen LogP contribution in [-0.2, 0) is 12.5 Å². The Morgan fingerprint density at radius 2 is 1.91 bits per heavy atom. The van der Waals surface area contributed by atoms with Gasteiger partial charge in [0, 0.05) is 18.4 Å². The van der Waals surface area contributed by atoms with Gasteiger partial charge in [-0.05, 0) is 28.8 Å². The van der Waals surface area contributed by atoms with Gasteiger partial charge in [-0.2, -0.15) is 14.7 Å². The number of halogens is 1. The molecule has 0 bridgehead atoms. The molecule has 1 fully saturated rings. The van der Waals surface area contributed by atoms with E-state index >= 15 is 0 Å². The van der Waals surface area contributed by atoms with E-state index in [0.717, 1.165) is 31.7 Å². The Morgan fingerprint density at radius 1 is 1.17 bits per heavy atom. The van der Waals surface area contributed by atoms with Crippen molar-refractivity contribution in [3.05, 3.63) is 16.0 Å². The highest BCUT2D eigenvalue weighted by molar-refractivity contribution is 9.10. The molecule has 0 aliphatic heterocycles. The molecule has 0 amide bonds. The molecular formula is C15H19BrN6S. The van der Waals surface area contributed by atoms with Crippen LogP contribution in [-0.4, -0.2) is 29.6 Å². The van der Waals surface area contributed by atoms with Crippen molar-refractivity contribution in [2.24, 2.45) is 7.05 Å².